The molecule has 80 valence electrons. The molecule has 0 radical (unpaired) electrons. The molecule has 2 N–H and O–H groups in total. The van der Waals surface area contributed by atoms with Gasteiger partial charge in [-0.2, -0.15) is 0 Å². The number of rotatable bonds is 4. The van der Waals surface area contributed by atoms with Crippen molar-refractivity contribution < 1.29 is 0 Å². The van der Waals surface area contributed by atoms with Crippen LogP contribution in [0.25, 0.3) is 0 Å². The predicted molar refractivity (Wildman–Crippen MR) is 58.3 cm³/mol. The third-order valence-corrected chi connectivity index (χ3v) is 4.13. The molecule has 2 nitrogen and oxygen atoms in total. The minimum absolute atomic E-state index is 0.875. The summed E-state index contributed by atoms with van der Waals surface area (Å²) >= 11 is 0. The summed E-state index contributed by atoms with van der Waals surface area (Å²) < 4.78 is 0. The van der Waals surface area contributed by atoms with E-state index in [-0.39, 0.29) is 0 Å². The highest BCUT2D eigenvalue weighted by Gasteiger charge is 2.33. The maximum absolute atomic E-state index is 3.71. The van der Waals surface area contributed by atoms with Crippen LogP contribution in [0.1, 0.15) is 44.9 Å². The van der Waals surface area contributed by atoms with Gasteiger partial charge < -0.3 is 10.6 Å². The molecule has 0 aromatic rings. The maximum Gasteiger partial charge on any atom is 0.00728 e. The van der Waals surface area contributed by atoms with E-state index in [2.05, 4.69) is 10.6 Å². The van der Waals surface area contributed by atoms with Gasteiger partial charge in [-0.25, -0.2) is 0 Å². The lowest BCUT2D eigenvalue weighted by Gasteiger charge is -2.29. The molecule has 2 atom stereocenters. The minimum Gasteiger partial charge on any atom is -0.314 e. The largest absolute Gasteiger partial charge is 0.314 e. The molecule has 3 rings (SSSR count). The Morgan fingerprint density at radius 2 is 1.71 bits per heavy atom. The molecular weight excluding hydrogens is 172 g/mol. The molecule has 3 fully saturated rings. The fraction of sp³-hybridized carbons (Fsp3) is 1.00. The molecule has 2 unspecified atom stereocenters. The standard InChI is InChI=1S/C12H22N2/c1-2-10(1)13-6-5-9-7-11-3-4-12(8-9)14-11/h9-14H,1-8H2. The summed E-state index contributed by atoms with van der Waals surface area (Å²) in [4.78, 5) is 0. The van der Waals surface area contributed by atoms with E-state index in [1.54, 1.807) is 0 Å². The van der Waals surface area contributed by atoms with Crippen molar-refractivity contribution in [2.24, 2.45) is 5.92 Å². The lowest BCUT2D eigenvalue weighted by Crippen LogP contribution is -2.38. The highest BCUT2D eigenvalue weighted by Crippen LogP contribution is 2.32. The van der Waals surface area contributed by atoms with Gasteiger partial charge in [-0.1, -0.05) is 0 Å². The Morgan fingerprint density at radius 1 is 1.00 bits per heavy atom. The second kappa shape index (κ2) is 3.82. The Hall–Kier alpha value is -0.0800. The van der Waals surface area contributed by atoms with Crippen molar-refractivity contribution in [1.82, 2.24) is 10.6 Å². The van der Waals surface area contributed by atoms with Crippen molar-refractivity contribution in [3.8, 4) is 0 Å². The Balaban J connectivity index is 1.39. The van der Waals surface area contributed by atoms with Crippen LogP contribution in [0.4, 0.5) is 0 Å². The van der Waals surface area contributed by atoms with E-state index in [0.29, 0.717) is 0 Å². The summed E-state index contributed by atoms with van der Waals surface area (Å²) in [6.07, 6.45) is 10.1. The number of piperidine rings is 1. The molecule has 2 heteroatoms. The zero-order chi connectivity index (χ0) is 9.38. The Bertz CT molecular complexity index is 188. The van der Waals surface area contributed by atoms with E-state index in [4.69, 9.17) is 0 Å². The smallest absolute Gasteiger partial charge is 0.00728 e. The van der Waals surface area contributed by atoms with Crippen LogP contribution in [0.5, 0.6) is 0 Å². The topological polar surface area (TPSA) is 24.1 Å². The number of hydrogen-bond donors (Lipinski definition) is 2. The average Bonchev–Trinajstić information content (AvgIpc) is 2.93. The van der Waals surface area contributed by atoms with Crippen LogP contribution in [0.2, 0.25) is 0 Å². The number of fused-ring (bicyclic) bond motifs is 2. The van der Waals surface area contributed by atoms with Gasteiger partial charge in [-0.15, -0.1) is 0 Å². The zero-order valence-electron chi connectivity index (χ0n) is 8.97. The first kappa shape index (κ1) is 9.17. The first-order valence-corrected chi connectivity index (χ1v) is 6.39. The molecule has 2 saturated heterocycles. The Kier molecular flexibility index (Phi) is 2.50. The van der Waals surface area contributed by atoms with Gasteiger partial charge >= 0.3 is 0 Å². The molecule has 2 aliphatic heterocycles. The van der Waals surface area contributed by atoms with Crippen LogP contribution in [0, 0.1) is 5.92 Å². The van der Waals surface area contributed by atoms with Crippen LogP contribution < -0.4 is 10.6 Å². The van der Waals surface area contributed by atoms with Gasteiger partial charge in [0.05, 0.1) is 0 Å². The summed E-state index contributed by atoms with van der Waals surface area (Å²) in [7, 11) is 0. The molecular formula is C12H22N2. The van der Waals surface area contributed by atoms with E-state index in [1.807, 2.05) is 0 Å². The van der Waals surface area contributed by atoms with E-state index in [0.717, 1.165) is 24.0 Å². The van der Waals surface area contributed by atoms with E-state index in [1.165, 1.54) is 51.5 Å². The minimum atomic E-state index is 0.875. The Labute approximate surface area is 86.8 Å². The molecule has 0 aromatic heterocycles. The SMILES string of the molecule is C(CC1CC2CCC(C1)N2)NC1CC1. The molecule has 0 aromatic carbocycles. The van der Waals surface area contributed by atoms with Gasteiger partial charge in [0, 0.05) is 18.1 Å². The maximum atomic E-state index is 3.71. The number of hydrogen-bond acceptors (Lipinski definition) is 2. The van der Waals surface area contributed by atoms with Crippen molar-refractivity contribution in [1.29, 1.82) is 0 Å². The van der Waals surface area contributed by atoms with E-state index < -0.39 is 0 Å². The van der Waals surface area contributed by atoms with Crippen molar-refractivity contribution >= 4 is 0 Å². The van der Waals surface area contributed by atoms with Crippen LogP contribution in [-0.4, -0.2) is 24.7 Å². The van der Waals surface area contributed by atoms with Gasteiger partial charge in [0.1, 0.15) is 0 Å². The van der Waals surface area contributed by atoms with Crippen molar-refractivity contribution in [3.05, 3.63) is 0 Å². The fourth-order valence-corrected chi connectivity index (χ4v) is 3.19. The molecule has 2 heterocycles. The molecule has 0 amide bonds. The van der Waals surface area contributed by atoms with Gasteiger partial charge in [0.25, 0.3) is 0 Å². The van der Waals surface area contributed by atoms with Gasteiger partial charge in [0.2, 0.25) is 0 Å². The highest BCUT2D eigenvalue weighted by atomic mass is 15.0. The first-order valence-electron chi connectivity index (χ1n) is 6.39. The van der Waals surface area contributed by atoms with Crippen LogP contribution in [0.3, 0.4) is 0 Å². The second-order valence-electron chi connectivity index (χ2n) is 5.49. The summed E-state index contributed by atoms with van der Waals surface area (Å²) in [6.45, 7) is 1.27. The van der Waals surface area contributed by atoms with Crippen molar-refractivity contribution in [2.45, 2.75) is 63.1 Å². The zero-order valence-corrected chi connectivity index (χ0v) is 8.97. The summed E-state index contributed by atoms with van der Waals surface area (Å²) in [5.74, 6) is 1.01. The Morgan fingerprint density at radius 3 is 2.36 bits per heavy atom. The van der Waals surface area contributed by atoms with E-state index >= 15 is 0 Å². The van der Waals surface area contributed by atoms with Gasteiger partial charge in [0.15, 0.2) is 0 Å². The molecule has 0 spiro atoms. The lowest BCUT2D eigenvalue weighted by atomic mass is 9.90. The molecule has 14 heavy (non-hydrogen) atoms. The monoisotopic (exact) mass is 194 g/mol. The lowest BCUT2D eigenvalue weighted by molar-refractivity contribution is 0.283. The third-order valence-electron chi connectivity index (χ3n) is 4.13. The van der Waals surface area contributed by atoms with Gasteiger partial charge in [-0.05, 0) is 57.4 Å². The van der Waals surface area contributed by atoms with Crippen molar-refractivity contribution in [3.63, 3.8) is 0 Å². The summed E-state index contributed by atoms with van der Waals surface area (Å²) in [5.41, 5.74) is 0. The predicted octanol–water partition coefficient (Wildman–Crippen LogP) is 1.66. The quantitative estimate of drug-likeness (QED) is 0.711. The second-order valence-corrected chi connectivity index (χ2v) is 5.49. The molecule has 3 aliphatic rings. The van der Waals surface area contributed by atoms with Gasteiger partial charge in [-0.3, -0.25) is 0 Å². The molecule has 1 saturated carbocycles. The van der Waals surface area contributed by atoms with Crippen LogP contribution >= 0.6 is 0 Å². The normalized spacial score (nSPS) is 41.6. The summed E-state index contributed by atoms with van der Waals surface area (Å²) in [5, 5.41) is 7.34. The van der Waals surface area contributed by atoms with Crippen LogP contribution in [-0.2, 0) is 0 Å². The summed E-state index contributed by atoms with van der Waals surface area (Å²) in [6, 6.07) is 2.65. The number of nitrogens with one attached hydrogen (secondary N) is 2. The molecule has 1 aliphatic carbocycles. The average molecular weight is 194 g/mol. The van der Waals surface area contributed by atoms with E-state index in [9.17, 15) is 0 Å². The fourth-order valence-electron chi connectivity index (χ4n) is 3.19. The van der Waals surface area contributed by atoms with Crippen molar-refractivity contribution in [2.75, 3.05) is 6.54 Å². The first-order chi connectivity index (χ1) is 6.90. The third kappa shape index (κ3) is 2.12. The molecule has 2 bridgehead atoms. The highest BCUT2D eigenvalue weighted by molar-refractivity contribution is 4.92. The van der Waals surface area contributed by atoms with Crippen LogP contribution in [0.15, 0.2) is 0 Å².